The highest BCUT2D eigenvalue weighted by Crippen LogP contribution is 2.16. The lowest BCUT2D eigenvalue weighted by atomic mass is 10.1. The second-order valence-electron chi connectivity index (χ2n) is 3.08. The van der Waals surface area contributed by atoms with Gasteiger partial charge in [-0.2, -0.15) is 0 Å². The van der Waals surface area contributed by atoms with Gasteiger partial charge in [-0.05, 0) is 23.3 Å². The van der Waals surface area contributed by atoms with Crippen LogP contribution in [0.5, 0.6) is 0 Å². The Bertz CT molecular complexity index is 454. The maximum atomic E-state index is 8.56. The van der Waals surface area contributed by atoms with Crippen LogP contribution in [0.25, 0.3) is 10.8 Å². The summed E-state index contributed by atoms with van der Waals surface area (Å²) in [6.07, 6.45) is -1.83. The Hall–Kier alpha value is -2.03. The van der Waals surface area contributed by atoms with E-state index >= 15 is 0 Å². The number of hydrogen-bond acceptors (Lipinski definition) is 1. The zero-order valence-electron chi connectivity index (χ0n) is 8.34. The molecule has 0 saturated carbocycles. The van der Waals surface area contributed by atoms with Gasteiger partial charge in [0.05, 0.1) is 0 Å². The highest BCUT2D eigenvalue weighted by molar-refractivity contribution is 5.85. The van der Waals surface area contributed by atoms with E-state index in [2.05, 4.69) is 49.4 Å². The molecule has 0 aliphatic rings. The Kier molecular flexibility index (Phi) is 3.68. The molecule has 0 spiro atoms. The molecule has 78 valence electrons. The highest BCUT2D eigenvalue weighted by Gasteiger charge is 1.92. The average molecular weight is 204 g/mol. The molecule has 0 atom stereocenters. The Balaban J connectivity index is 0.000000245. The van der Waals surface area contributed by atoms with E-state index in [1.54, 1.807) is 0 Å². The predicted molar refractivity (Wildman–Crippen MR) is 59.3 cm³/mol. The van der Waals surface area contributed by atoms with E-state index in [9.17, 15) is 0 Å². The fourth-order valence-corrected chi connectivity index (χ4v) is 1.39. The Morgan fingerprint density at radius 3 is 2.13 bits per heavy atom. The van der Waals surface area contributed by atoms with Gasteiger partial charge < -0.3 is 10.2 Å². The molecule has 0 aliphatic carbocycles. The fraction of sp³-hybridized carbons (Fsp3) is 0.0833. The zero-order valence-corrected chi connectivity index (χ0v) is 8.34. The van der Waals surface area contributed by atoms with E-state index in [-0.39, 0.29) is 0 Å². The molecular weight excluding hydrogens is 192 g/mol. The van der Waals surface area contributed by atoms with Crippen LogP contribution in [-0.2, 0) is 0 Å². The third-order valence-corrected chi connectivity index (χ3v) is 2.01. The van der Waals surface area contributed by atoms with Crippen LogP contribution in [0.4, 0.5) is 4.79 Å². The van der Waals surface area contributed by atoms with Gasteiger partial charge in [0.1, 0.15) is 0 Å². The molecule has 2 aromatic rings. The molecule has 2 aromatic carbocycles. The molecule has 0 aliphatic heterocycles. The van der Waals surface area contributed by atoms with Crippen LogP contribution in [-0.4, -0.2) is 16.4 Å². The second-order valence-corrected chi connectivity index (χ2v) is 3.08. The van der Waals surface area contributed by atoms with Crippen molar-refractivity contribution in [2.75, 3.05) is 0 Å². The number of fused-ring (bicyclic) bond motifs is 1. The van der Waals surface area contributed by atoms with Gasteiger partial charge in [-0.3, -0.25) is 0 Å². The van der Waals surface area contributed by atoms with Crippen molar-refractivity contribution in [2.24, 2.45) is 0 Å². The van der Waals surface area contributed by atoms with Crippen LogP contribution in [0.15, 0.2) is 42.5 Å². The third-order valence-electron chi connectivity index (χ3n) is 2.01. The minimum absolute atomic E-state index is 1.33. The maximum absolute atomic E-state index is 8.56. The summed E-state index contributed by atoms with van der Waals surface area (Å²) in [4.78, 5) is 8.56. The largest absolute Gasteiger partial charge is 0.503 e. The van der Waals surface area contributed by atoms with Crippen LogP contribution in [0.3, 0.4) is 0 Å². The van der Waals surface area contributed by atoms with E-state index in [1.165, 1.54) is 16.3 Å². The van der Waals surface area contributed by atoms with Gasteiger partial charge in [-0.1, -0.05) is 42.5 Å². The van der Waals surface area contributed by atoms with Crippen LogP contribution < -0.4 is 0 Å². The molecular formula is C12H12O3. The smallest absolute Gasteiger partial charge is 0.450 e. The summed E-state index contributed by atoms with van der Waals surface area (Å²) in [5, 5.41) is 16.6. The number of aryl methyl sites for hydroxylation is 1. The molecule has 3 nitrogen and oxygen atoms in total. The quantitative estimate of drug-likeness (QED) is 0.691. The monoisotopic (exact) mass is 204 g/mol. The molecule has 2 rings (SSSR count). The van der Waals surface area contributed by atoms with Crippen molar-refractivity contribution in [3.05, 3.63) is 48.0 Å². The standard InChI is InChI=1S/C11H10.CH2O3/c1-9-5-4-7-10-6-2-3-8-11(9)10;2-1(3)4/h2-8H,1H3;(H2,2,3,4). The predicted octanol–water partition coefficient (Wildman–Crippen LogP) is 3.37. The number of rotatable bonds is 0. The number of benzene rings is 2. The summed E-state index contributed by atoms with van der Waals surface area (Å²) in [6, 6.07) is 14.8. The van der Waals surface area contributed by atoms with Gasteiger partial charge in [0.2, 0.25) is 0 Å². The van der Waals surface area contributed by atoms with E-state index in [1.807, 2.05) is 0 Å². The average Bonchev–Trinajstić information content (AvgIpc) is 2.18. The van der Waals surface area contributed by atoms with Crippen molar-refractivity contribution in [3.8, 4) is 0 Å². The molecule has 0 aromatic heterocycles. The molecule has 0 radical (unpaired) electrons. The van der Waals surface area contributed by atoms with Crippen LogP contribution >= 0.6 is 0 Å². The van der Waals surface area contributed by atoms with Crippen LogP contribution in [0.1, 0.15) is 5.56 Å². The van der Waals surface area contributed by atoms with Gasteiger partial charge in [-0.15, -0.1) is 0 Å². The number of carbonyl (C=O) groups is 1. The normalized spacial score (nSPS) is 9.13. The van der Waals surface area contributed by atoms with Gasteiger partial charge in [0, 0.05) is 0 Å². The van der Waals surface area contributed by atoms with Crippen molar-refractivity contribution in [1.82, 2.24) is 0 Å². The van der Waals surface area contributed by atoms with E-state index in [4.69, 9.17) is 15.0 Å². The zero-order chi connectivity index (χ0) is 11.3. The minimum atomic E-state index is -1.83. The van der Waals surface area contributed by atoms with Gasteiger partial charge in [0.15, 0.2) is 0 Å². The lowest BCUT2D eigenvalue weighted by molar-refractivity contribution is 0.137. The van der Waals surface area contributed by atoms with Crippen LogP contribution in [0.2, 0.25) is 0 Å². The van der Waals surface area contributed by atoms with Crippen molar-refractivity contribution >= 4 is 16.9 Å². The first-order valence-electron chi connectivity index (χ1n) is 4.47. The number of carboxylic acid groups (broad SMARTS) is 2. The fourth-order valence-electron chi connectivity index (χ4n) is 1.39. The Labute approximate surface area is 87.6 Å². The molecule has 2 N–H and O–H groups in total. The van der Waals surface area contributed by atoms with Crippen molar-refractivity contribution in [2.45, 2.75) is 6.92 Å². The van der Waals surface area contributed by atoms with E-state index in [0.29, 0.717) is 0 Å². The topological polar surface area (TPSA) is 57.5 Å². The van der Waals surface area contributed by atoms with Crippen molar-refractivity contribution in [3.63, 3.8) is 0 Å². The van der Waals surface area contributed by atoms with Gasteiger partial charge in [-0.25, -0.2) is 4.79 Å². The lowest BCUT2D eigenvalue weighted by Crippen LogP contribution is -1.81. The summed E-state index contributed by atoms with van der Waals surface area (Å²) in [5.41, 5.74) is 1.35. The Morgan fingerprint density at radius 1 is 1.00 bits per heavy atom. The summed E-state index contributed by atoms with van der Waals surface area (Å²) in [5.74, 6) is 0. The summed E-state index contributed by atoms with van der Waals surface area (Å²) in [7, 11) is 0. The first-order chi connectivity index (χ1) is 7.11. The van der Waals surface area contributed by atoms with Crippen molar-refractivity contribution < 1.29 is 15.0 Å². The van der Waals surface area contributed by atoms with Gasteiger partial charge >= 0.3 is 6.16 Å². The molecule has 0 heterocycles. The molecule has 0 fully saturated rings. The summed E-state index contributed by atoms with van der Waals surface area (Å²) in [6.45, 7) is 2.14. The third kappa shape index (κ3) is 3.31. The molecule has 0 amide bonds. The van der Waals surface area contributed by atoms with Crippen molar-refractivity contribution in [1.29, 1.82) is 0 Å². The van der Waals surface area contributed by atoms with E-state index in [0.717, 1.165) is 0 Å². The number of hydrogen-bond donors (Lipinski definition) is 2. The molecule has 0 saturated heterocycles. The molecule has 0 bridgehead atoms. The summed E-state index contributed by atoms with van der Waals surface area (Å²) < 4.78 is 0. The molecule has 0 unspecified atom stereocenters. The Morgan fingerprint density at radius 2 is 1.53 bits per heavy atom. The SMILES string of the molecule is Cc1cccc2ccccc12.O=C(O)O. The summed E-state index contributed by atoms with van der Waals surface area (Å²) >= 11 is 0. The second kappa shape index (κ2) is 5.00. The first kappa shape index (κ1) is 11.0. The first-order valence-corrected chi connectivity index (χ1v) is 4.47. The van der Waals surface area contributed by atoms with E-state index < -0.39 is 6.16 Å². The van der Waals surface area contributed by atoms with Gasteiger partial charge in [0.25, 0.3) is 0 Å². The molecule has 15 heavy (non-hydrogen) atoms. The maximum Gasteiger partial charge on any atom is 0.503 e. The highest BCUT2D eigenvalue weighted by atomic mass is 16.6. The minimum Gasteiger partial charge on any atom is -0.450 e. The van der Waals surface area contributed by atoms with Crippen LogP contribution in [0, 0.1) is 6.92 Å². The molecule has 3 heteroatoms. The lowest BCUT2D eigenvalue weighted by Gasteiger charge is -1.98.